The van der Waals surface area contributed by atoms with E-state index in [1.54, 1.807) is 0 Å². The monoisotopic (exact) mass is 196 g/mol. The van der Waals surface area contributed by atoms with E-state index < -0.39 is 0 Å². The standard InChI is InChI=1S/C13H24O/c14-13-9-5-8-12(10-13)11-6-3-1-2-4-7-11/h11-14H,1-10H2. The van der Waals surface area contributed by atoms with Gasteiger partial charge in [-0.15, -0.1) is 0 Å². The summed E-state index contributed by atoms with van der Waals surface area (Å²) in [4.78, 5) is 0. The van der Waals surface area contributed by atoms with Gasteiger partial charge in [0, 0.05) is 0 Å². The van der Waals surface area contributed by atoms with E-state index in [1.807, 2.05) is 0 Å². The molecule has 0 heterocycles. The highest BCUT2D eigenvalue weighted by Gasteiger charge is 2.27. The van der Waals surface area contributed by atoms with Crippen LogP contribution >= 0.6 is 0 Å². The summed E-state index contributed by atoms with van der Waals surface area (Å²) >= 11 is 0. The Morgan fingerprint density at radius 1 is 0.643 bits per heavy atom. The first-order valence-electron chi connectivity index (χ1n) is 6.54. The van der Waals surface area contributed by atoms with Gasteiger partial charge in [0.15, 0.2) is 0 Å². The molecule has 2 fully saturated rings. The average Bonchev–Trinajstić information content (AvgIpc) is 2.45. The summed E-state index contributed by atoms with van der Waals surface area (Å²) in [5, 5.41) is 9.68. The molecule has 0 aromatic rings. The molecule has 0 aromatic carbocycles. The van der Waals surface area contributed by atoms with Gasteiger partial charge in [-0.05, 0) is 31.1 Å². The molecule has 2 saturated carbocycles. The lowest BCUT2D eigenvalue weighted by Gasteiger charge is -2.32. The molecule has 1 nitrogen and oxygen atoms in total. The van der Waals surface area contributed by atoms with Crippen molar-refractivity contribution in [1.29, 1.82) is 0 Å². The van der Waals surface area contributed by atoms with E-state index in [2.05, 4.69) is 0 Å². The highest BCUT2D eigenvalue weighted by Crippen LogP contribution is 2.37. The van der Waals surface area contributed by atoms with Crippen LogP contribution in [0.3, 0.4) is 0 Å². The zero-order valence-electron chi connectivity index (χ0n) is 9.25. The molecule has 2 aliphatic carbocycles. The van der Waals surface area contributed by atoms with E-state index >= 15 is 0 Å². The van der Waals surface area contributed by atoms with Gasteiger partial charge in [0.1, 0.15) is 0 Å². The van der Waals surface area contributed by atoms with Crippen LogP contribution in [0.2, 0.25) is 0 Å². The molecule has 1 heteroatoms. The lowest BCUT2D eigenvalue weighted by molar-refractivity contribution is 0.0757. The van der Waals surface area contributed by atoms with Crippen LogP contribution in [0.15, 0.2) is 0 Å². The summed E-state index contributed by atoms with van der Waals surface area (Å²) in [6, 6.07) is 0. The summed E-state index contributed by atoms with van der Waals surface area (Å²) in [7, 11) is 0. The summed E-state index contributed by atoms with van der Waals surface area (Å²) in [5.74, 6) is 1.81. The molecule has 0 aliphatic heterocycles. The van der Waals surface area contributed by atoms with Gasteiger partial charge in [-0.25, -0.2) is 0 Å². The van der Waals surface area contributed by atoms with Gasteiger partial charge >= 0.3 is 0 Å². The fourth-order valence-corrected chi connectivity index (χ4v) is 3.41. The SMILES string of the molecule is OC1CCCC(C2CCCCCC2)C1. The average molecular weight is 196 g/mol. The minimum atomic E-state index is 0.0250. The summed E-state index contributed by atoms with van der Waals surface area (Å²) in [5.41, 5.74) is 0. The molecule has 14 heavy (non-hydrogen) atoms. The molecule has 2 unspecified atom stereocenters. The van der Waals surface area contributed by atoms with Crippen molar-refractivity contribution in [3.05, 3.63) is 0 Å². The first-order chi connectivity index (χ1) is 6.86. The van der Waals surface area contributed by atoms with Crippen molar-refractivity contribution < 1.29 is 5.11 Å². The van der Waals surface area contributed by atoms with Gasteiger partial charge in [0.25, 0.3) is 0 Å². The lowest BCUT2D eigenvalue weighted by Crippen LogP contribution is -2.25. The van der Waals surface area contributed by atoms with Crippen molar-refractivity contribution >= 4 is 0 Å². The molecule has 0 spiro atoms. The van der Waals surface area contributed by atoms with Crippen molar-refractivity contribution in [1.82, 2.24) is 0 Å². The zero-order valence-corrected chi connectivity index (χ0v) is 9.25. The minimum Gasteiger partial charge on any atom is -0.393 e. The van der Waals surface area contributed by atoms with Crippen molar-refractivity contribution in [3.63, 3.8) is 0 Å². The van der Waals surface area contributed by atoms with Crippen LogP contribution in [-0.4, -0.2) is 11.2 Å². The molecule has 0 radical (unpaired) electrons. The molecule has 82 valence electrons. The van der Waals surface area contributed by atoms with Crippen molar-refractivity contribution in [2.24, 2.45) is 11.8 Å². The van der Waals surface area contributed by atoms with Crippen LogP contribution in [0.5, 0.6) is 0 Å². The predicted octanol–water partition coefficient (Wildman–Crippen LogP) is 3.51. The Labute approximate surface area is 87.9 Å². The quantitative estimate of drug-likeness (QED) is 0.636. The Balaban J connectivity index is 1.85. The highest BCUT2D eigenvalue weighted by atomic mass is 16.3. The van der Waals surface area contributed by atoms with Crippen LogP contribution < -0.4 is 0 Å². The first-order valence-corrected chi connectivity index (χ1v) is 6.54. The highest BCUT2D eigenvalue weighted by molar-refractivity contribution is 4.79. The smallest absolute Gasteiger partial charge is 0.0543 e. The predicted molar refractivity (Wildman–Crippen MR) is 59.2 cm³/mol. The van der Waals surface area contributed by atoms with Crippen LogP contribution in [0, 0.1) is 11.8 Å². The molecular weight excluding hydrogens is 172 g/mol. The Kier molecular flexibility index (Phi) is 3.86. The molecule has 2 rings (SSSR count). The molecule has 2 aliphatic rings. The van der Waals surface area contributed by atoms with Crippen molar-refractivity contribution in [3.8, 4) is 0 Å². The van der Waals surface area contributed by atoms with E-state index in [1.165, 1.54) is 51.4 Å². The van der Waals surface area contributed by atoms with Crippen molar-refractivity contribution in [2.75, 3.05) is 0 Å². The van der Waals surface area contributed by atoms with Crippen LogP contribution in [-0.2, 0) is 0 Å². The second-order valence-corrected chi connectivity index (χ2v) is 5.33. The molecule has 1 N–H and O–H groups in total. The maximum atomic E-state index is 9.68. The van der Waals surface area contributed by atoms with E-state index in [9.17, 15) is 5.11 Å². The lowest BCUT2D eigenvalue weighted by atomic mass is 9.76. The number of rotatable bonds is 1. The van der Waals surface area contributed by atoms with Crippen molar-refractivity contribution in [2.45, 2.75) is 70.3 Å². The third-order valence-electron chi connectivity index (χ3n) is 4.25. The second kappa shape index (κ2) is 5.16. The van der Waals surface area contributed by atoms with Crippen LogP contribution in [0.1, 0.15) is 64.2 Å². The van der Waals surface area contributed by atoms with Gasteiger partial charge in [-0.1, -0.05) is 44.9 Å². The third-order valence-corrected chi connectivity index (χ3v) is 4.25. The third kappa shape index (κ3) is 2.73. The largest absolute Gasteiger partial charge is 0.393 e. The summed E-state index contributed by atoms with van der Waals surface area (Å²) in [6.07, 6.45) is 13.5. The number of aliphatic hydroxyl groups excluding tert-OH is 1. The number of hydrogen-bond donors (Lipinski definition) is 1. The molecule has 2 atom stereocenters. The first kappa shape index (κ1) is 10.5. The fraction of sp³-hybridized carbons (Fsp3) is 1.00. The molecular formula is C13H24O. The summed E-state index contributed by atoms with van der Waals surface area (Å²) in [6.45, 7) is 0. The van der Waals surface area contributed by atoms with Gasteiger partial charge in [0.05, 0.1) is 6.10 Å². The molecule has 0 saturated heterocycles. The normalized spacial score (nSPS) is 36.6. The van der Waals surface area contributed by atoms with Crippen LogP contribution in [0.25, 0.3) is 0 Å². The molecule has 0 amide bonds. The fourth-order valence-electron chi connectivity index (χ4n) is 3.41. The maximum Gasteiger partial charge on any atom is 0.0543 e. The topological polar surface area (TPSA) is 20.2 Å². The number of hydrogen-bond acceptors (Lipinski definition) is 1. The molecule has 0 bridgehead atoms. The molecule has 0 aromatic heterocycles. The van der Waals surface area contributed by atoms with Gasteiger partial charge in [-0.3, -0.25) is 0 Å². The van der Waals surface area contributed by atoms with E-state index in [0.29, 0.717) is 0 Å². The summed E-state index contributed by atoms with van der Waals surface area (Å²) < 4.78 is 0. The Morgan fingerprint density at radius 3 is 1.93 bits per heavy atom. The minimum absolute atomic E-state index is 0.0250. The number of aliphatic hydroxyl groups is 1. The van der Waals surface area contributed by atoms with E-state index in [4.69, 9.17) is 0 Å². The second-order valence-electron chi connectivity index (χ2n) is 5.33. The van der Waals surface area contributed by atoms with Gasteiger partial charge in [0.2, 0.25) is 0 Å². The van der Waals surface area contributed by atoms with E-state index in [-0.39, 0.29) is 6.10 Å². The zero-order chi connectivity index (χ0) is 9.80. The maximum absolute atomic E-state index is 9.68. The Hall–Kier alpha value is -0.0400. The Bertz CT molecular complexity index is 159. The van der Waals surface area contributed by atoms with E-state index in [0.717, 1.165) is 24.7 Å². The van der Waals surface area contributed by atoms with Gasteiger partial charge in [-0.2, -0.15) is 0 Å². The van der Waals surface area contributed by atoms with Crippen LogP contribution in [0.4, 0.5) is 0 Å². The van der Waals surface area contributed by atoms with Gasteiger partial charge < -0.3 is 5.11 Å². The Morgan fingerprint density at radius 2 is 1.29 bits per heavy atom.